The molecular formula is C25H26O5. The van der Waals surface area contributed by atoms with Crippen molar-refractivity contribution < 1.29 is 23.7 Å². The molecule has 0 saturated carbocycles. The summed E-state index contributed by atoms with van der Waals surface area (Å²) in [4.78, 5) is 11.3. The van der Waals surface area contributed by atoms with E-state index in [0.717, 1.165) is 39.5 Å². The van der Waals surface area contributed by atoms with Crippen LogP contribution in [0.15, 0.2) is 66.7 Å². The largest absolute Gasteiger partial charge is 0.496 e. The number of aryl methyl sites for hydroxylation is 1. The molecule has 0 N–H and O–H groups in total. The van der Waals surface area contributed by atoms with E-state index in [1.165, 1.54) is 7.11 Å². The van der Waals surface area contributed by atoms with Crippen LogP contribution >= 0.6 is 0 Å². The Morgan fingerprint density at radius 3 is 2.10 bits per heavy atom. The van der Waals surface area contributed by atoms with Crippen LogP contribution in [-0.4, -0.2) is 27.3 Å². The van der Waals surface area contributed by atoms with Crippen LogP contribution in [0.5, 0.6) is 17.2 Å². The molecule has 0 unspecified atom stereocenters. The van der Waals surface area contributed by atoms with Crippen molar-refractivity contribution in [3.8, 4) is 28.4 Å². The van der Waals surface area contributed by atoms with Crippen LogP contribution < -0.4 is 14.2 Å². The Balaban J connectivity index is 1.69. The van der Waals surface area contributed by atoms with E-state index in [9.17, 15) is 4.79 Å². The van der Waals surface area contributed by atoms with Crippen LogP contribution in [0.1, 0.15) is 17.5 Å². The average Bonchev–Trinajstić information content (AvgIpc) is 2.81. The van der Waals surface area contributed by atoms with Gasteiger partial charge in [-0.05, 0) is 53.4 Å². The predicted octanol–water partition coefficient (Wildman–Crippen LogP) is 5.06. The molecule has 0 fully saturated rings. The number of hydrogen-bond acceptors (Lipinski definition) is 5. The molecule has 3 rings (SSSR count). The fraction of sp³-hybridized carbons (Fsp3) is 0.240. The maximum absolute atomic E-state index is 11.3. The van der Waals surface area contributed by atoms with Crippen molar-refractivity contribution in [2.75, 3.05) is 21.3 Å². The Labute approximate surface area is 177 Å². The summed E-state index contributed by atoms with van der Waals surface area (Å²) in [6, 6.07) is 21.6. The minimum atomic E-state index is -0.207. The van der Waals surface area contributed by atoms with Crippen molar-refractivity contribution >= 4 is 5.97 Å². The number of carbonyl (C=O) groups excluding carboxylic acids is 1. The predicted molar refractivity (Wildman–Crippen MR) is 116 cm³/mol. The second-order valence-electron chi connectivity index (χ2n) is 6.75. The molecule has 5 heteroatoms. The molecule has 0 radical (unpaired) electrons. The Morgan fingerprint density at radius 2 is 1.47 bits per heavy atom. The summed E-state index contributed by atoms with van der Waals surface area (Å²) in [7, 11) is 4.71. The first kappa shape index (κ1) is 21.2. The van der Waals surface area contributed by atoms with E-state index in [4.69, 9.17) is 14.2 Å². The standard InChI is InChI=1S/C25H26O5/c1-27-22-8-5-9-23(28-2)25(22)20-7-4-6-19(16-20)17-30-21-13-10-18(11-14-21)12-15-24(26)29-3/h4-11,13-14,16H,12,15,17H2,1-3H3. The summed E-state index contributed by atoms with van der Waals surface area (Å²) in [6.07, 6.45) is 1.02. The van der Waals surface area contributed by atoms with E-state index < -0.39 is 0 Å². The molecule has 0 heterocycles. The van der Waals surface area contributed by atoms with Gasteiger partial charge in [0.1, 0.15) is 23.9 Å². The third-order valence-corrected chi connectivity index (χ3v) is 4.82. The highest BCUT2D eigenvalue weighted by Gasteiger charge is 2.12. The highest BCUT2D eigenvalue weighted by atomic mass is 16.5. The van der Waals surface area contributed by atoms with Crippen molar-refractivity contribution in [2.45, 2.75) is 19.4 Å². The van der Waals surface area contributed by atoms with Crippen molar-refractivity contribution in [2.24, 2.45) is 0 Å². The highest BCUT2D eigenvalue weighted by Crippen LogP contribution is 2.38. The molecule has 0 saturated heterocycles. The van der Waals surface area contributed by atoms with E-state index in [1.807, 2.05) is 60.7 Å². The molecular weight excluding hydrogens is 380 g/mol. The molecule has 0 aliphatic heterocycles. The van der Waals surface area contributed by atoms with Gasteiger partial charge in [0, 0.05) is 6.42 Å². The molecule has 0 aliphatic carbocycles. The van der Waals surface area contributed by atoms with Gasteiger partial charge in [-0.1, -0.05) is 36.4 Å². The summed E-state index contributed by atoms with van der Waals surface area (Å²) in [5.41, 5.74) is 4.02. The normalized spacial score (nSPS) is 10.4. The van der Waals surface area contributed by atoms with Crippen LogP contribution in [0.4, 0.5) is 0 Å². The number of benzene rings is 3. The third-order valence-electron chi connectivity index (χ3n) is 4.82. The maximum Gasteiger partial charge on any atom is 0.305 e. The quantitative estimate of drug-likeness (QED) is 0.465. The van der Waals surface area contributed by atoms with Gasteiger partial charge in [-0.2, -0.15) is 0 Å². The smallest absolute Gasteiger partial charge is 0.305 e. The molecule has 0 amide bonds. The molecule has 3 aromatic carbocycles. The number of esters is 1. The number of methoxy groups -OCH3 is 3. The fourth-order valence-electron chi connectivity index (χ4n) is 3.22. The van der Waals surface area contributed by atoms with Gasteiger partial charge in [0.15, 0.2) is 0 Å². The Bertz CT molecular complexity index is 957. The lowest BCUT2D eigenvalue weighted by Gasteiger charge is -2.14. The van der Waals surface area contributed by atoms with Gasteiger partial charge in [-0.3, -0.25) is 4.79 Å². The molecule has 0 spiro atoms. The van der Waals surface area contributed by atoms with E-state index in [2.05, 4.69) is 10.8 Å². The van der Waals surface area contributed by atoms with Gasteiger partial charge in [0.2, 0.25) is 0 Å². The number of ether oxygens (including phenoxy) is 4. The molecule has 30 heavy (non-hydrogen) atoms. The maximum atomic E-state index is 11.3. The Kier molecular flexibility index (Phi) is 7.33. The SMILES string of the molecule is COC(=O)CCc1ccc(OCc2cccc(-c3c(OC)cccc3OC)c2)cc1. The topological polar surface area (TPSA) is 54.0 Å². The fourth-order valence-corrected chi connectivity index (χ4v) is 3.22. The lowest BCUT2D eigenvalue weighted by Crippen LogP contribution is -2.02. The molecule has 156 valence electrons. The Hall–Kier alpha value is -3.47. The average molecular weight is 406 g/mol. The van der Waals surface area contributed by atoms with Crippen LogP contribution in [-0.2, 0) is 22.6 Å². The zero-order valence-electron chi connectivity index (χ0n) is 17.5. The zero-order chi connectivity index (χ0) is 21.3. The molecule has 5 nitrogen and oxygen atoms in total. The minimum absolute atomic E-state index is 0.207. The summed E-state index contributed by atoms with van der Waals surface area (Å²) >= 11 is 0. The van der Waals surface area contributed by atoms with Gasteiger partial charge >= 0.3 is 5.97 Å². The molecule has 0 aromatic heterocycles. The van der Waals surface area contributed by atoms with Crippen LogP contribution in [0.2, 0.25) is 0 Å². The first-order valence-corrected chi connectivity index (χ1v) is 9.73. The second kappa shape index (κ2) is 10.3. The van der Waals surface area contributed by atoms with Crippen molar-refractivity contribution in [1.82, 2.24) is 0 Å². The molecule has 0 atom stereocenters. The summed E-state index contributed by atoms with van der Waals surface area (Å²) in [6.45, 7) is 0.437. The lowest BCUT2D eigenvalue weighted by atomic mass is 10.0. The molecule has 0 bridgehead atoms. The Morgan fingerprint density at radius 1 is 0.800 bits per heavy atom. The van der Waals surface area contributed by atoms with E-state index >= 15 is 0 Å². The van der Waals surface area contributed by atoms with Crippen LogP contribution in [0.3, 0.4) is 0 Å². The van der Waals surface area contributed by atoms with Gasteiger partial charge in [-0.15, -0.1) is 0 Å². The zero-order valence-corrected chi connectivity index (χ0v) is 17.5. The minimum Gasteiger partial charge on any atom is -0.496 e. The second-order valence-corrected chi connectivity index (χ2v) is 6.75. The number of hydrogen-bond donors (Lipinski definition) is 0. The summed E-state index contributed by atoms with van der Waals surface area (Å²) in [5.74, 6) is 2.09. The van der Waals surface area contributed by atoms with Crippen molar-refractivity contribution in [3.05, 3.63) is 77.9 Å². The first-order chi connectivity index (χ1) is 14.6. The number of carbonyl (C=O) groups is 1. The van der Waals surface area contributed by atoms with Gasteiger partial charge in [0.25, 0.3) is 0 Å². The monoisotopic (exact) mass is 406 g/mol. The van der Waals surface area contributed by atoms with Crippen molar-refractivity contribution in [1.29, 1.82) is 0 Å². The highest BCUT2D eigenvalue weighted by molar-refractivity contribution is 5.77. The van der Waals surface area contributed by atoms with E-state index in [-0.39, 0.29) is 5.97 Å². The third kappa shape index (κ3) is 5.32. The number of rotatable bonds is 9. The molecule has 0 aliphatic rings. The van der Waals surface area contributed by atoms with Crippen molar-refractivity contribution in [3.63, 3.8) is 0 Å². The van der Waals surface area contributed by atoms with Crippen LogP contribution in [0.25, 0.3) is 11.1 Å². The lowest BCUT2D eigenvalue weighted by molar-refractivity contribution is -0.140. The van der Waals surface area contributed by atoms with E-state index in [0.29, 0.717) is 19.4 Å². The van der Waals surface area contributed by atoms with Gasteiger partial charge in [0.05, 0.1) is 26.9 Å². The molecule has 3 aromatic rings. The van der Waals surface area contributed by atoms with E-state index in [1.54, 1.807) is 14.2 Å². The summed E-state index contributed by atoms with van der Waals surface area (Å²) in [5, 5.41) is 0. The summed E-state index contributed by atoms with van der Waals surface area (Å²) < 4.78 is 21.7. The van der Waals surface area contributed by atoms with Gasteiger partial charge < -0.3 is 18.9 Å². The first-order valence-electron chi connectivity index (χ1n) is 9.73. The van der Waals surface area contributed by atoms with Crippen LogP contribution in [0, 0.1) is 0 Å². The van der Waals surface area contributed by atoms with Gasteiger partial charge in [-0.25, -0.2) is 0 Å².